The van der Waals surface area contributed by atoms with Crippen LogP contribution in [0.5, 0.6) is 0 Å². The Hall–Kier alpha value is -1.26. The highest BCUT2D eigenvalue weighted by atomic mass is 127. The van der Waals surface area contributed by atoms with Gasteiger partial charge in [0.05, 0.1) is 36.3 Å². The van der Waals surface area contributed by atoms with Gasteiger partial charge in [-0.2, -0.15) is 0 Å². The Morgan fingerprint density at radius 3 is 3.00 bits per heavy atom. The Bertz CT molecular complexity index is 537. The summed E-state index contributed by atoms with van der Waals surface area (Å²) in [6.45, 7) is 0.835. The van der Waals surface area contributed by atoms with Crippen molar-refractivity contribution in [2.75, 3.05) is 26.4 Å². The molecule has 0 saturated carbocycles. The number of hydrogen-bond donors (Lipinski definition) is 1. The molecule has 1 unspecified atom stereocenters. The zero-order valence-corrected chi connectivity index (χ0v) is 12.6. The molecule has 8 heteroatoms. The molecule has 1 heterocycles. The van der Waals surface area contributed by atoms with E-state index in [0.29, 0.717) is 16.7 Å². The number of carbonyl (C=O) groups excluding carboxylic acids is 1. The molecule has 2 rings (SSSR count). The molecule has 20 heavy (non-hydrogen) atoms. The third-order valence-electron chi connectivity index (χ3n) is 3.09. The maximum Gasteiger partial charge on any atom is 0.270 e. The second-order valence-corrected chi connectivity index (χ2v) is 5.49. The van der Waals surface area contributed by atoms with E-state index in [2.05, 4.69) is 0 Å². The fourth-order valence-electron chi connectivity index (χ4n) is 2.02. The molecule has 1 aromatic carbocycles. The highest BCUT2D eigenvalue weighted by molar-refractivity contribution is 14.1. The number of nitrogens with zero attached hydrogens (tertiary/aromatic N) is 2. The highest BCUT2D eigenvalue weighted by Crippen LogP contribution is 2.22. The number of rotatable bonds is 3. The molecule has 108 valence electrons. The van der Waals surface area contributed by atoms with E-state index in [1.807, 2.05) is 22.6 Å². The summed E-state index contributed by atoms with van der Waals surface area (Å²) in [5, 5.41) is 20.1. The summed E-state index contributed by atoms with van der Waals surface area (Å²) in [5.41, 5.74) is 0.155. The highest BCUT2D eigenvalue weighted by Gasteiger charge is 2.29. The molecule has 1 aromatic rings. The minimum absolute atomic E-state index is 0.123. The standard InChI is InChI=1S/C12H13IN2O5/c13-11-2-1-8(15(18)19)5-10(11)12(17)14-3-4-20-7-9(14)6-16/h1-2,5,9,16H,3-4,6-7H2. The first kappa shape index (κ1) is 15.1. The lowest BCUT2D eigenvalue weighted by molar-refractivity contribution is -0.384. The van der Waals surface area contributed by atoms with Crippen LogP contribution in [0.15, 0.2) is 18.2 Å². The van der Waals surface area contributed by atoms with Gasteiger partial charge in [-0.15, -0.1) is 0 Å². The smallest absolute Gasteiger partial charge is 0.270 e. The Morgan fingerprint density at radius 1 is 1.60 bits per heavy atom. The Labute approximate surface area is 128 Å². The van der Waals surface area contributed by atoms with E-state index in [4.69, 9.17) is 4.74 Å². The summed E-state index contributed by atoms with van der Waals surface area (Å²) >= 11 is 1.97. The molecule has 0 radical (unpaired) electrons. The van der Waals surface area contributed by atoms with E-state index in [9.17, 15) is 20.0 Å². The summed E-state index contributed by atoms with van der Waals surface area (Å²) in [7, 11) is 0. The summed E-state index contributed by atoms with van der Waals surface area (Å²) < 4.78 is 5.86. The largest absolute Gasteiger partial charge is 0.394 e. The predicted molar refractivity (Wildman–Crippen MR) is 78.5 cm³/mol. The van der Waals surface area contributed by atoms with Crippen LogP contribution >= 0.6 is 22.6 Å². The number of benzene rings is 1. The fourth-order valence-corrected chi connectivity index (χ4v) is 2.59. The van der Waals surface area contributed by atoms with Crippen LogP contribution in [0.3, 0.4) is 0 Å². The minimum atomic E-state index is -0.532. The van der Waals surface area contributed by atoms with E-state index in [1.54, 1.807) is 6.07 Å². The van der Waals surface area contributed by atoms with Gasteiger partial charge in [-0.05, 0) is 28.7 Å². The molecule has 1 aliphatic heterocycles. The lowest BCUT2D eigenvalue weighted by atomic mass is 10.1. The van der Waals surface area contributed by atoms with Crippen LogP contribution in [0, 0.1) is 13.7 Å². The Kier molecular flexibility index (Phi) is 4.89. The van der Waals surface area contributed by atoms with Gasteiger partial charge < -0.3 is 14.7 Å². The molecule has 0 spiro atoms. The van der Waals surface area contributed by atoms with Crippen LogP contribution in [0.1, 0.15) is 10.4 Å². The van der Waals surface area contributed by atoms with Crippen LogP contribution < -0.4 is 0 Å². The number of halogens is 1. The number of amides is 1. The van der Waals surface area contributed by atoms with Crippen molar-refractivity contribution in [3.63, 3.8) is 0 Å². The number of nitro groups is 1. The second kappa shape index (κ2) is 6.46. The molecular weight excluding hydrogens is 379 g/mol. The summed E-state index contributed by atoms with van der Waals surface area (Å²) in [6, 6.07) is 3.77. The van der Waals surface area contributed by atoms with Gasteiger partial charge in [0.1, 0.15) is 0 Å². The van der Waals surface area contributed by atoms with Gasteiger partial charge in [-0.25, -0.2) is 0 Å². The van der Waals surface area contributed by atoms with Gasteiger partial charge >= 0.3 is 0 Å². The Morgan fingerprint density at radius 2 is 2.35 bits per heavy atom. The first-order valence-corrected chi connectivity index (χ1v) is 7.06. The number of morpholine rings is 1. The van der Waals surface area contributed by atoms with Gasteiger partial charge in [0, 0.05) is 22.2 Å². The molecule has 1 N–H and O–H groups in total. The first-order valence-electron chi connectivity index (χ1n) is 5.98. The van der Waals surface area contributed by atoms with Gasteiger partial charge in [-0.1, -0.05) is 0 Å². The summed E-state index contributed by atoms with van der Waals surface area (Å²) in [5.74, 6) is -0.319. The van der Waals surface area contributed by atoms with Crippen molar-refractivity contribution in [1.29, 1.82) is 0 Å². The fraction of sp³-hybridized carbons (Fsp3) is 0.417. The van der Waals surface area contributed by atoms with Crippen LogP contribution in [0.25, 0.3) is 0 Å². The molecule has 1 aliphatic rings. The van der Waals surface area contributed by atoms with Crippen molar-refractivity contribution < 1.29 is 19.6 Å². The third-order valence-corrected chi connectivity index (χ3v) is 4.03. The van der Waals surface area contributed by atoms with Crippen LogP contribution in [-0.4, -0.2) is 53.2 Å². The average Bonchev–Trinajstić information content (AvgIpc) is 2.46. The number of carbonyl (C=O) groups is 1. The lowest BCUT2D eigenvalue weighted by Crippen LogP contribution is -2.50. The van der Waals surface area contributed by atoms with Crippen molar-refractivity contribution in [3.8, 4) is 0 Å². The van der Waals surface area contributed by atoms with Crippen molar-refractivity contribution in [3.05, 3.63) is 37.4 Å². The SMILES string of the molecule is O=C(c1cc([N+](=O)[O-])ccc1I)N1CCOCC1CO. The Balaban J connectivity index is 2.32. The zero-order chi connectivity index (χ0) is 14.7. The van der Waals surface area contributed by atoms with Crippen LogP contribution in [0.2, 0.25) is 0 Å². The molecule has 0 aromatic heterocycles. The molecule has 0 aliphatic carbocycles. The van der Waals surface area contributed by atoms with Gasteiger partial charge in [0.25, 0.3) is 11.6 Å². The number of aliphatic hydroxyl groups is 1. The third kappa shape index (κ3) is 3.07. The molecule has 0 bridgehead atoms. The maximum atomic E-state index is 12.5. The molecule has 1 atom stereocenters. The van der Waals surface area contributed by atoms with E-state index < -0.39 is 11.0 Å². The minimum Gasteiger partial charge on any atom is -0.394 e. The molecular formula is C12H13IN2O5. The molecule has 1 saturated heterocycles. The maximum absolute atomic E-state index is 12.5. The number of hydrogen-bond acceptors (Lipinski definition) is 5. The lowest BCUT2D eigenvalue weighted by Gasteiger charge is -2.34. The molecule has 7 nitrogen and oxygen atoms in total. The number of non-ortho nitro benzene ring substituents is 1. The van der Waals surface area contributed by atoms with Crippen molar-refractivity contribution >= 4 is 34.2 Å². The summed E-state index contributed by atoms with van der Waals surface area (Å²) in [4.78, 5) is 24.3. The van der Waals surface area contributed by atoms with Crippen LogP contribution in [-0.2, 0) is 4.74 Å². The predicted octanol–water partition coefficient (Wildman–Crippen LogP) is 1.03. The normalized spacial score (nSPS) is 18.9. The zero-order valence-electron chi connectivity index (χ0n) is 10.5. The van der Waals surface area contributed by atoms with E-state index in [1.165, 1.54) is 17.0 Å². The number of aliphatic hydroxyl groups excluding tert-OH is 1. The molecule has 1 amide bonds. The van der Waals surface area contributed by atoms with E-state index in [0.717, 1.165) is 0 Å². The van der Waals surface area contributed by atoms with Gasteiger partial charge in [-0.3, -0.25) is 14.9 Å². The quantitative estimate of drug-likeness (QED) is 0.471. The molecule has 1 fully saturated rings. The van der Waals surface area contributed by atoms with Crippen molar-refractivity contribution in [2.24, 2.45) is 0 Å². The van der Waals surface area contributed by atoms with Crippen molar-refractivity contribution in [2.45, 2.75) is 6.04 Å². The van der Waals surface area contributed by atoms with Crippen molar-refractivity contribution in [1.82, 2.24) is 4.90 Å². The van der Waals surface area contributed by atoms with E-state index in [-0.39, 0.29) is 30.4 Å². The average molecular weight is 392 g/mol. The summed E-state index contributed by atoms with van der Waals surface area (Å²) in [6.07, 6.45) is 0. The van der Waals surface area contributed by atoms with Gasteiger partial charge in [0.15, 0.2) is 0 Å². The number of ether oxygens (including phenoxy) is 1. The second-order valence-electron chi connectivity index (χ2n) is 4.33. The monoisotopic (exact) mass is 392 g/mol. The van der Waals surface area contributed by atoms with Crippen LogP contribution in [0.4, 0.5) is 5.69 Å². The number of nitro benzene ring substituents is 1. The van der Waals surface area contributed by atoms with E-state index >= 15 is 0 Å². The topological polar surface area (TPSA) is 92.9 Å². The van der Waals surface area contributed by atoms with Gasteiger partial charge in [0.2, 0.25) is 0 Å². The first-order chi connectivity index (χ1) is 9.54.